The summed E-state index contributed by atoms with van der Waals surface area (Å²) in [5.41, 5.74) is 0. The van der Waals surface area contributed by atoms with Crippen LogP contribution in [0.25, 0.3) is 0 Å². The third kappa shape index (κ3) is 4.04. The molecule has 0 saturated carbocycles. The first-order valence-corrected chi connectivity index (χ1v) is 12.3. The lowest BCUT2D eigenvalue weighted by Gasteiger charge is -2.40. The minimum atomic E-state index is -3.74. The lowest BCUT2D eigenvalue weighted by atomic mass is 9.91. The molecule has 3 rings (SSSR count). The summed E-state index contributed by atoms with van der Waals surface area (Å²) in [5.74, 6) is 0.489. The van der Waals surface area contributed by atoms with Gasteiger partial charge in [0.15, 0.2) is 19.7 Å². The summed E-state index contributed by atoms with van der Waals surface area (Å²) in [6.07, 6.45) is 1.09. The second kappa shape index (κ2) is 6.83. The fraction of sp³-hybridized carbons (Fsp3) is 0.647. The van der Waals surface area contributed by atoms with Crippen LogP contribution in [0.3, 0.4) is 0 Å². The topological polar surface area (TPSA) is 71.5 Å². The molecule has 140 valence electrons. The van der Waals surface area contributed by atoms with Crippen molar-refractivity contribution in [2.45, 2.75) is 36.5 Å². The highest BCUT2D eigenvalue weighted by molar-refractivity contribution is 7.96. The molecule has 2 saturated heterocycles. The average Bonchev–Trinajstić information content (AvgIpc) is 2.83. The Kier molecular flexibility index (Phi) is 5.23. The van der Waals surface area contributed by atoms with Gasteiger partial charge in [-0.1, -0.05) is 25.4 Å². The number of rotatable bonds is 3. The third-order valence-corrected chi connectivity index (χ3v) is 9.57. The lowest BCUT2D eigenvalue weighted by molar-refractivity contribution is 0.107. The lowest BCUT2D eigenvalue weighted by Crippen LogP contribution is -2.51. The molecule has 25 heavy (non-hydrogen) atoms. The molecule has 1 aromatic carbocycles. The Morgan fingerprint density at radius 2 is 1.60 bits per heavy atom. The summed E-state index contributed by atoms with van der Waals surface area (Å²) < 4.78 is 50.8. The number of likely N-dealkylation sites (tertiary alicyclic amines) is 1. The van der Waals surface area contributed by atoms with Crippen molar-refractivity contribution in [3.8, 4) is 0 Å². The van der Waals surface area contributed by atoms with Crippen LogP contribution >= 0.6 is 11.6 Å². The monoisotopic (exact) mass is 405 g/mol. The zero-order chi connectivity index (χ0) is 18.4. The molecule has 0 N–H and O–H groups in total. The molecule has 5 nitrogen and oxygen atoms in total. The van der Waals surface area contributed by atoms with Gasteiger partial charge in [0.2, 0.25) is 0 Å². The Morgan fingerprint density at radius 3 is 2.16 bits per heavy atom. The van der Waals surface area contributed by atoms with E-state index in [0.29, 0.717) is 16.9 Å². The largest absolute Gasteiger partial charge is 0.297 e. The predicted octanol–water partition coefficient (Wildman–Crippen LogP) is 2.26. The Morgan fingerprint density at radius 1 is 1.04 bits per heavy atom. The molecular formula is C17H24ClNO4S2. The van der Waals surface area contributed by atoms with Gasteiger partial charge in [0, 0.05) is 24.2 Å². The number of halogens is 1. The van der Waals surface area contributed by atoms with Gasteiger partial charge in [-0.05, 0) is 42.5 Å². The maximum atomic E-state index is 13.1. The molecule has 2 aliphatic rings. The van der Waals surface area contributed by atoms with Crippen LogP contribution in [-0.4, -0.2) is 57.6 Å². The first-order chi connectivity index (χ1) is 11.6. The number of nitrogens with zero attached hydrogens (tertiary/aromatic N) is 1. The van der Waals surface area contributed by atoms with Crippen molar-refractivity contribution >= 4 is 31.3 Å². The fourth-order valence-electron chi connectivity index (χ4n) is 4.21. The van der Waals surface area contributed by atoms with Crippen molar-refractivity contribution < 1.29 is 16.8 Å². The predicted molar refractivity (Wildman–Crippen MR) is 99.4 cm³/mol. The quantitative estimate of drug-likeness (QED) is 0.771. The number of sulfone groups is 2. The molecule has 0 radical (unpaired) electrons. The van der Waals surface area contributed by atoms with E-state index in [0.717, 1.165) is 19.5 Å². The smallest absolute Gasteiger partial charge is 0.183 e. The number of piperidine rings is 1. The Balaban J connectivity index is 1.96. The minimum absolute atomic E-state index is 0.0794. The van der Waals surface area contributed by atoms with E-state index in [-0.39, 0.29) is 16.4 Å². The summed E-state index contributed by atoms with van der Waals surface area (Å²) in [4.78, 5) is 2.23. The summed E-state index contributed by atoms with van der Waals surface area (Å²) in [7, 11) is -7.11. The minimum Gasteiger partial charge on any atom is -0.297 e. The first-order valence-electron chi connectivity index (χ1n) is 8.52. The van der Waals surface area contributed by atoms with Crippen LogP contribution in [0, 0.1) is 11.8 Å². The van der Waals surface area contributed by atoms with Gasteiger partial charge in [-0.15, -0.1) is 0 Å². The molecule has 8 heteroatoms. The highest BCUT2D eigenvalue weighted by Crippen LogP contribution is 2.33. The average molecular weight is 406 g/mol. The molecule has 0 spiro atoms. The maximum Gasteiger partial charge on any atom is 0.183 e. The molecule has 0 aromatic heterocycles. The second-order valence-corrected chi connectivity index (χ2v) is 12.3. The van der Waals surface area contributed by atoms with Gasteiger partial charge in [-0.25, -0.2) is 16.8 Å². The van der Waals surface area contributed by atoms with Crippen molar-refractivity contribution in [2.75, 3.05) is 24.6 Å². The summed E-state index contributed by atoms with van der Waals surface area (Å²) in [5, 5.41) is -0.468. The van der Waals surface area contributed by atoms with Crippen LogP contribution in [0.1, 0.15) is 20.3 Å². The van der Waals surface area contributed by atoms with E-state index in [1.165, 1.54) is 24.3 Å². The van der Waals surface area contributed by atoms with Crippen molar-refractivity contribution in [2.24, 2.45) is 11.8 Å². The van der Waals surface area contributed by atoms with Crippen molar-refractivity contribution in [1.29, 1.82) is 0 Å². The van der Waals surface area contributed by atoms with Crippen molar-refractivity contribution in [1.82, 2.24) is 4.90 Å². The van der Waals surface area contributed by atoms with Crippen LogP contribution in [0.15, 0.2) is 29.2 Å². The Hall–Kier alpha value is -0.630. The third-order valence-electron chi connectivity index (χ3n) is 5.18. The molecule has 0 unspecified atom stereocenters. The summed E-state index contributed by atoms with van der Waals surface area (Å²) in [6.45, 7) is 5.76. The summed E-state index contributed by atoms with van der Waals surface area (Å²) in [6, 6.07) is 5.49. The van der Waals surface area contributed by atoms with Crippen LogP contribution in [0.4, 0.5) is 0 Å². The fourth-order valence-corrected chi connectivity index (χ4v) is 9.17. The number of hydrogen-bond acceptors (Lipinski definition) is 5. The maximum absolute atomic E-state index is 13.1. The van der Waals surface area contributed by atoms with Gasteiger partial charge in [-0.2, -0.15) is 0 Å². The first kappa shape index (κ1) is 19.1. The van der Waals surface area contributed by atoms with Crippen molar-refractivity contribution in [3.05, 3.63) is 29.3 Å². The molecule has 0 amide bonds. The molecule has 2 aliphatic heterocycles. The van der Waals surface area contributed by atoms with E-state index in [2.05, 4.69) is 18.7 Å². The van der Waals surface area contributed by atoms with E-state index < -0.39 is 31.0 Å². The van der Waals surface area contributed by atoms with E-state index >= 15 is 0 Å². The molecule has 4 atom stereocenters. The molecule has 1 aromatic rings. The van der Waals surface area contributed by atoms with Gasteiger partial charge in [0.05, 0.1) is 21.7 Å². The van der Waals surface area contributed by atoms with Gasteiger partial charge in [0.25, 0.3) is 0 Å². The number of hydrogen-bond donors (Lipinski definition) is 0. The van der Waals surface area contributed by atoms with Gasteiger partial charge in [-0.3, -0.25) is 4.90 Å². The van der Waals surface area contributed by atoms with Crippen LogP contribution in [0.5, 0.6) is 0 Å². The normalized spacial score (nSPS) is 33.4. The molecule has 2 heterocycles. The summed E-state index contributed by atoms with van der Waals surface area (Å²) >= 11 is 5.85. The number of benzene rings is 1. The van der Waals surface area contributed by atoms with E-state index in [4.69, 9.17) is 11.6 Å². The molecule has 2 fully saturated rings. The standard InChI is InChI=1S/C17H24ClNO4S2/c1-12-7-13(2)9-19(8-12)16-10-24(20,21)11-17(16)25(22,23)15-5-3-14(18)4-6-15/h3-6,12-13,16-17H,7-11H2,1-2H3/t12-,13+,16-,17-/m0/s1. The zero-order valence-electron chi connectivity index (χ0n) is 14.4. The second-order valence-electron chi connectivity index (χ2n) is 7.58. The highest BCUT2D eigenvalue weighted by Gasteiger charge is 2.49. The van der Waals surface area contributed by atoms with E-state index in [1.807, 2.05) is 0 Å². The molecule has 0 bridgehead atoms. The Labute approximate surface area is 155 Å². The SMILES string of the molecule is C[C@@H]1C[C@H](C)CN([C@H]2CS(=O)(=O)C[C@@H]2S(=O)(=O)c2ccc(Cl)cc2)C1. The van der Waals surface area contributed by atoms with Crippen molar-refractivity contribution in [3.63, 3.8) is 0 Å². The van der Waals surface area contributed by atoms with Gasteiger partial charge in [0.1, 0.15) is 0 Å². The molecular weight excluding hydrogens is 382 g/mol. The van der Waals surface area contributed by atoms with Gasteiger partial charge < -0.3 is 0 Å². The van der Waals surface area contributed by atoms with Crippen LogP contribution in [-0.2, 0) is 19.7 Å². The van der Waals surface area contributed by atoms with Crippen LogP contribution < -0.4 is 0 Å². The van der Waals surface area contributed by atoms with Crippen LogP contribution in [0.2, 0.25) is 5.02 Å². The highest BCUT2D eigenvalue weighted by atomic mass is 35.5. The zero-order valence-corrected chi connectivity index (χ0v) is 16.8. The van der Waals surface area contributed by atoms with E-state index in [9.17, 15) is 16.8 Å². The van der Waals surface area contributed by atoms with Gasteiger partial charge >= 0.3 is 0 Å². The van der Waals surface area contributed by atoms with E-state index in [1.54, 1.807) is 0 Å². The Bertz CT molecular complexity index is 826. The molecule has 0 aliphatic carbocycles.